The molecule has 4 heteroatoms. The first-order chi connectivity index (χ1) is 6.38. The summed E-state index contributed by atoms with van der Waals surface area (Å²) in [5.74, 6) is 0. The van der Waals surface area contributed by atoms with Crippen molar-refractivity contribution in [3.05, 3.63) is 21.6 Å². The Kier molecular flexibility index (Phi) is 2.85. The van der Waals surface area contributed by atoms with Crippen LogP contribution in [0.1, 0.15) is 32.0 Å². The molecule has 0 aliphatic rings. The van der Waals surface area contributed by atoms with Gasteiger partial charge in [-0.05, 0) is 27.7 Å². The van der Waals surface area contributed by atoms with Gasteiger partial charge in [-0.3, -0.25) is 9.89 Å². The van der Waals surface area contributed by atoms with E-state index in [0.717, 1.165) is 5.69 Å². The van der Waals surface area contributed by atoms with Crippen LogP contribution in [0.25, 0.3) is 0 Å². The highest BCUT2D eigenvalue weighted by molar-refractivity contribution is 5.16. The van der Waals surface area contributed by atoms with E-state index in [1.165, 1.54) is 0 Å². The number of nitrogens with zero attached hydrogens (tertiary/aromatic N) is 1. The Morgan fingerprint density at radius 2 is 2.00 bits per heavy atom. The second-order valence-corrected chi connectivity index (χ2v) is 4.50. The number of H-pyrrole nitrogens is 1. The molecule has 1 heterocycles. The summed E-state index contributed by atoms with van der Waals surface area (Å²) in [6, 6.07) is 0. The van der Waals surface area contributed by atoms with E-state index in [1.807, 2.05) is 27.7 Å². The predicted octanol–water partition coefficient (Wildman–Crippen LogP) is 0.775. The molecule has 4 nitrogen and oxygen atoms in total. The third-order valence-corrected chi connectivity index (χ3v) is 2.23. The molecule has 1 aromatic rings. The van der Waals surface area contributed by atoms with E-state index >= 15 is 0 Å². The zero-order valence-corrected chi connectivity index (χ0v) is 9.22. The number of hydrogen-bond donors (Lipinski definition) is 2. The molecule has 1 aromatic heterocycles. The molecule has 0 radical (unpaired) electrons. The summed E-state index contributed by atoms with van der Waals surface area (Å²) in [5.41, 5.74) is 1.26. The first-order valence-corrected chi connectivity index (χ1v) is 4.79. The van der Waals surface area contributed by atoms with Crippen LogP contribution in [0.3, 0.4) is 0 Å². The normalized spacial score (nSPS) is 12.1. The van der Waals surface area contributed by atoms with Crippen LogP contribution in [0, 0.1) is 6.92 Å². The topological polar surface area (TPSA) is 58.0 Å². The van der Waals surface area contributed by atoms with Crippen molar-refractivity contribution in [2.45, 2.75) is 39.7 Å². The molecule has 0 bridgehead atoms. The molecule has 0 aromatic carbocycles. The first kappa shape index (κ1) is 11.0. The minimum absolute atomic E-state index is 0.0120. The quantitative estimate of drug-likeness (QED) is 0.737. The van der Waals surface area contributed by atoms with Crippen molar-refractivity contribution in [1.29, 1.82) is 0 Å². The third-order valence-electron chi connectivity index (χ3n) is 2.23. The number of aliphatic hydroxyl groups excluding tert-OH is 1. The number of aryl methyl sites for hydroxylation is 1. The molecule has 0 spiro atoms. The fraction of sp³-hybridized carbons (Fsp3) is 0.700. The maximum atomic E-state index is 11.8. The van der Waals surface area contributed by atoms with E-state index < -0.39 is 0 Å². The van der Waals surface area contributed by atoms with Gasteiger partial charge in [0.05, 0.1) is 5.54 Å². The van der Waals surface area contributed by atoms with Crippen molar-refractivity contribution in [3.63, 3.8) is 0 Å². The lowest BCUT2D eigenvalue weighted by Gasteiger charge is -2.19. The molecular weight excluding hydrogens is 180 g/mol. The molecule has 0 aliphatic carbocycles. The number of aromatic nitrogens is 2. The summed E-state index contributed by atoms with van der Waals surface area (Å²) in [4.78, 5) is 11.8. The van der Waals surface area contributed by atoms with Gasteiger partial charge in [0.15, 0.2) is 0 Å². The van der Waals surface area contributed by atoms with Crippen LogP contribution in [-0.2, 0) is 12.0 Å². The maximum Gasteiger partial charge on any atom is 0.270 e. The Bertz CT molecular complexity index is 368. The highest BCUT2D eigenvalue weighted by Gasteiger charge is 2.19. The van der Waals surface area contributed by atoms with E-state index in [9.17, 15) is 4.79 Å². The van der Waals surface area contributed by atoms with E-state index in [1.54, 1.807) is 4.68 Å². The van der Waals surface area contributed by atoms with Crippen molar-refractivity contribution in [2.75, 3.05) is 6.61 Å². The molecule has 1 rings (SSSR count). The van der Waals surface area contributed by atoms with Gasteiger partial charge in [0, 0.05) is 24.3 Å². The van der Waals surface area contributed by atoms with Gasteiger partial charge in [-0.1, -0.05) is 0 Å². The van der Waals surface area contributed by atoms with Crippen molar-refractivity contribution in [1.82, 2.24) is 9.78 Å². The zero-order valence-electron chi connectivity index (χ0n) is 9.22. The molecular formula is C10H18N2O2. The molecule has 0 fully saturated rings. The van der Waals surface area contributed by atoms with Crippen molar-refractivity contribution in [2.24, 2.45) is 0 Å². The van der Waals surface area contributed by atoms with Crippen molar-refractivity contribution in [3.8, 4) is 0 Å². The molecule has 0 saturated carbocycles. The van der Waals surface area contributed by atoms with Crippen LogP contribution in [0.15, 0.2) is 4.79 Å². The Hall–Kier alpha value is -1.03. The first-order valence-electron chi connectivity index (χ1n) is 4.79. The number of hydrogen-bond acceptors (Lipinski definition) is 2. The van der Waals surface area contributed by atoms with Crippen LogP contribution in [0.4, 0.5) is 0 Å². The van der Waals surface area contributed by atoms with Crippen LogP contribution in [0.2, 0.25) is 0 Å². The zero-order chi connectivity index (χ0) is 10.9. The van der Waals surface area contributed by atoms with Gasteiger partial charge in [-0.25, -0.2) is 4.68 Å². The largest absolute Gasteiger partial charge is 0.396 e. The second kappa shape index (κ2) is 3.61. The minimum atomic E-state index is -0.241. The molecule has 0 amide bonds. The molecule has 14 heavy (non-hydrogen) atoms. The average molecular weight is 198 g/mol. The molecule has 2 N–H and O–H groups in total. The van der Waals surface area contributed by atoms with Gasteiger partial charge in [0.25, 0.3) is 5.56 Å². The van der Waals surface area contributed by atoms with Gasteiger partial charge in [0.1, 0.15) is 0 Å². The Morgan fingerprint density at radius 1 is 1.43 bits per heavy atom. The van der Waals surface area contributed by atoms with Crippen LogP contribution < -0.4 is 5.56 Å². The smallest absolute Gasteiger partial charge is 0.270 e. The maximum absolute atomic E-state index is 11.8. The lowest BCUT2D eigenvalue weighted by molar-refractivity contribution is 0.298. The number of aromatic amines is 1. The molecule has 0 aliphatic heterocycles. The summed E-state index contributed by atoms with van der Waals surface area (Å²) in [6.07, 6.45) is 0.421. The molecule has 0 saturated heterocycles. The van der Waals surface area contributed by atoms with Gasteiger partial charge >= 0.3 is 0 Å². The van der Waals surface area contributed by atoms with Crippen LogP contribution in [-0.4, -0.2) is 21.5 Å². The average Bonchev–Trinajstić information content (AvgIpc) is 2.31. The summed E-state index contributed by atoms with van der Waals surface area (Å²) >= 11 is 0. The van der Waals surface area contributed by atoms with E-state index in [-0.39, 0.29) is 17.7 Å². The molecule has 80 valence electrons. The van der Waals surface area contributed by atoms with E-state index in [2.05, 4.69) is 5.10 Å². The van der Waals surface area contributed by atoms with E-state index in [0.29, 0.717) is 12.0 Å². The lowest BCUT2D eigenvalue weighted by Crippen LogP contribution is -2.33. The standard InChI is InChI=1S/C10H18N2O2/c1-7-8(5-6-13)9(14)12(11-7)10(2,3)4/h11,13H,5-6H2,1-4H3. The predicted molar refractivity (Wildman–Crippen MR) is 55.6 cm³/mol. The summed E-state index contributed by atoms with van der Waals surface area (Å²) in [6.45, 7) is 7.76. The van der Waals surface area contributed by atoms with Crippen molar-refractivity contribution >= 4 is 0 Å². The van der Waals surface area contributed by atoms with Gasteiger partial charge in [0.2, 0.25) is 0 Å². The summed E-state index contributed by atoms with van der Waals surface area (Å²) in [7, 11) is 0. The number of nitrogens with one attached hydrogen (secondary N) is 1. The number of rotatable bonds is 2. The van der Waals surface area contributed by atoms with Gasteiger partial charge < -0.3 is 5.11 Å². The Balaban J connectivity index is 3.25. The van der Waals surface area contributed by atoms with Crippen LogP contribution in [0.5, 0.6) is 0 Å². The third kappa shape index (κ3) is 1.90. The Morgan fingerprint density at radius 3 is 2.36 bits per heavy atom. The SMILES string of the molecule is Cc1[nH]n(C(C)(C)C)c(=O)c1CCO. The monoisotopic (exact) mass is 198 g/mol. The van der Waals surface area contributed by atoms with E-state index in [4.69, 9.17) is 5.11 Å². The number of aliphatic hydroxyl groups is 1. The highest BCUT2D eigenvalue weighted by Crippen LogP contribution is 2.11. The Labute approximate surface area is 83.5 Å². The van der Waals surface area contributed by atoms with Crippen molar-refractivity contribution < 1.29 is 5.11 Å². The van der Waals surface area contributed by atoms with Crippen LogP contribution >= 0.6 is 0 Å². The highest BCUT2D eigenvalue weighted by atomic mass is 16.3. The fourth-order valence-electron chi connectivity index (χ4n) is 1.46. The minimum Gasteiger partial charge on any atom is -0.396 e. The fourth-order valence-corrected chi connectivity index (χ4v) is 1.46. The van der Waals surface area contributed by atoms with Gasteiger partial charge in [-0.15, -0.1) is 0 Å². The lowest BCUT2D eigenvalue weighted by atomic mass is 10.1. The second-order valence-electron chi connectivity index (χ2n) is 4.50. The summed E-state index contributed by atoms with van der Waals surface area (Å²) < 4.78 is 1.60. The molecule has 0 atom stereocenters. The summed E-state index contributed by atoms with van der Waals surface area (Å²) in [5, 5.41) is 11.8. The molecule has 0 unspecified atom stereocenters. The van der Waals surface area contributed by atoms with Gasteiger partial charge in [-0.2, -0.15) is 0 Å².